The Kier molecular flexibility index (Phi) is 5.55. The van der Waals surface area contributed by atoms with Crippen LogP contribution in [0.1, 0.15) is 19.4 Å². The summed E-state index contributed by atoms with van der Waals surface area (Å²) in [7, 11) is 0. The summed E-state index contributed by atoms with van der Waals surface area (Å²) in [6, 6.07) is 8.29. The van der Waals surface area contributed by atoms with E-state index in [2.05, 4.69) is 0 Å². The Balaban J connectivity index is 2.96. The zero-order chi connectivity index (χ0) is 14.3. The first-order valence-corrected chi connectivity index (χ1v) is 6.00. The summed E-state index contributed by atoms with van der Waals surface area (Å²) in [5.74, 6) is -1.04. The van der Waals surface area contributed by atoms with E-state index in [0.717, 1.165) is 10.5 Å². The standard InChI is InChI=1S/C14H16N2O3/c1-3-19-14(18)13(16(10-15)11(2)17)9-12-7-5-4-6-8-12/h4-8,13H,3,9H2,1-2H3/t13-/m0/s1. The minimum atomic E-state index is -0.912. The summed E-state index contributed by atoms with van der Waals surface area (Å²) in [6.45, 7) is 3.14. The molecule has 5 heteroatoms. The second-order valence-corrected chi connectivity index (χ2v) is 3.95. The van der Waals surface area contributed by atoms with Crippen molar-refractivity contribution in [1.29, 1.82) is 5.26 Å². The molecule has 0 spiro atoms. The van der Waals surface area contributed by atoms with Crippen LogP contribution in [0.4, 0.5) is 0 Å². The van der Waals surface area contributed by atoms with E-state index >= 15 is 0 Å². The molecule has 0 saturated heterocycles. The molecule has 0 unspecified atom stereocenters. The summed E-state index contributed by atoms with van der Waals surface area (Å²) in [5.41, 5.74) is 0.863. The Labute approximate surface area is 112 Å². The summed E-state index contributed by atoms with van der Waals surface area (Å²) in [5, 5.41) is 9.01. The van der Waals surface area contributed by atoms with Gasteiger partial charge in [0.2, 0.25) is 5.91 Å². The van der Waals surface area contributed by atoms with Gasteiger partial charge in [-0.2, -0.15) is 5.26 Å². The molecule has 0 fully saturated rings. The lowest BCUT2D eigenvalue weighted by Gasteiger charge is -2.22. The smallest absolute Gasteiger partial charge is 0.330 e. The number of nitriles is 1. The third-order valence-electron chi connectivity index (χ3n) is 2.59. The molecule has 0 N–H and O–H groups in total. The van der Waals surface area contributed by atoms with Gasteiger partial charge in [0.25, 0.3) is 0 Å². The van der Waals surface area contributed by atoms with Crippen molar-refractivity contribution in [3.63, 3.8) is 0 Å². The number of amides is 1. The van der Waals surface area contributed by atoms with E-state index in [1.165, 1.54) is 6.92 Å². The zero-order valence-corrected chi connectivity index (χ0v) is 11.0. The van der Waals surface area contributed by atoms with E-state index in [1.54, 1.807) is 13.1 Å². The number of hydrogen-bond acceptors (Lipinski definition) is 4. The van der Waals surface area contributed by atoms with Gasteiger partial charge in [-0.15, -0.1) is 0 Å². The number of benzene rings is 1. The average Bonchev–Trinajstić information content (AvgIpc) is 2.39. The first-order chi connectivity index (χ1) is 9.10. The number of carbonyl (C=O) groups excluding carboxylic acids is 2. The molecule has 100 valence electrons. The van der Waals surface area contributed by atoms with Crippen LogP contribution in [0.2, 0.25) is 0 Å². The van der Waals surface area contributed by atoms with Crippen molar-refractivity contribution in [2.24, 2.45) is 0 Å². The van der Waals surface area contributed by atoms with Crippen LogP contribution in [0.3, 0.4) is 0 Å². The quantitative estimate of drug-likeness (QED) is 0.457. The molecule has 0 aliphatic heterocycles. The maximum Gasteiger partial charge on any atom is 0.330 e. The van der Waals surface area contributed by atoms with Crippen molar-refractivity contribution < 1.29 is 14.3 Å². The Hall–Kier alpha value is -2.35. The molecule has 0 bridgehead atoms. The Morgan fingerprint density at radius 3 is 2.47 bits per heavy atom. The fourth-order valence-electron chi connectivity index (χ4n) is 1.72. The van der Waals surface area contributed by atoms with Gasteiger partial charge in [0, 0.05) is 13.3 Å². The van der Waals surface area contributed by atoms with Crippen molar-refractivity contribution in [3.8, 4) is 6.19 Å². The zero-order valence-electron chi connectivity index (χ0n) is 11.0. The van der Waals surface area contributed by atoms with Crippen LogP contribution in [-0.2, 0) is 20.7 Å². The number of nitrogens with zero attached hydrogens (tertiary/aromatic N) is 2. The number of rotatable bonds is 5. The predicted octanol–water partition coefficient (Wildman–Crippen LogP) is 1.49. The highest BCUT2D eigenvalue weighted by atomic mass is 16.5. The topological polar surface area (TPSA) is 70.4 Å². The average molecular weight is 260 g/mol. The lowest BCUT2D eigenvalue weighted by atomic mass is 10.0. The second-order valence-electron chi connectivity index (χ2n) is 3.95. The second kappa shape index (κ2) is 7.17. The van der Waals surface area contributed by atoms with Gasteiger partial charge >= 0.3 is 5.97 Å². The first kappa shape index (κ1) is 14.7. The van der Waals surface area contributed by atoms with Crippen molar-refractivity contribution >= 4 is 11.9 Å². The highest BCUT2D eigenvalue weighted by Crippen LogP contribution is 2.11. The third kappa shape index (κ3) is 4.11. The van der Waals surface area contributed by atoms with Crippen LogP contribution >= 0.6 is 0 Å². The maximum atomic E-state index is 11.9. The molecule has 1 aromatic rings. The third-order valence-corrected chi connectivity index (χ3v) is 2.59. The molecular weight excluding hydrogens is 244 g/mol. The van der Waals surface area contributed by atoms with E-state index in [0.29, 0.717) is 0 Å². The van der Waals surface area contributed by atoms with Crippen molar-refractivity contribution in [1.82, 2.24) is 4.90 Å². The van der Waals surface area contributed by atoms with Crippen LogP contribution in [0, 0.1) is 11.5 Å². The van der Waals surface area contributed by atoms with E-state index < -0.39 is 17.9 Å². The molecule has 0 radical (unpaired) electrons. The van der Waals surface area contributed by atoms with Crippen molar-refractivity contribution in [2.45, 2.75) is 26.3 Å². The summed E-state index contributed by atoms with van der Waals surface area (Å²) < 4.78 is 4.93. The molecule has 0 aliphatic rings. The van der Waals surface area contributed by atoms with E-state index in [4.69, 9.17) is 10.00 Å². The largest absolute Gasteiger partial charge is 0.464 e. The molecule has 0 aromatic heterocycles. The molecule has 1 atom stereocenters. The van der Waals surface area contributed by atoms with Gasteiger partial charge in [-0.25, -0.2) is 9.69 Å². The summed E-state index contributed by atoms with van der Waals surface area (Å²) in [6.07, 6.45) is 2.00. The summed E-state index contributed by atoms with van der Waals surface area (Å²) >= 11 is 0. The van der Waals surface area contributed by atoms with Gasteiger partial charge in [0.05, 0.1) is 6.61 Å². The Morgan fingerprint density at radius 2 is 2.00 bits per heavy atom. The van der Waals surface area contributed by atoms with Gasteiger partial charge in [-0.3, -0.25) is 4.79 Å². The number of esters is 1. The van der Waals surface area contributed by atoms with Crippen LogP contribution in [-0.4, -0.2) is 29.4 Å². The van der Waals surface area contributed by atoms with Gasteiger partial charge in [0.15, 0.2) is 6.19 Å². The van der Waals surface area contributed by atoms with Gasteiger partial charge in [-0.05, 0) is 12.5 Å². The molecule has 1 rings (SSSR count). The lowest BCUT2D eigenvalue weighted by Crippen LogP contribution is -2.43. The molecule has 5 nitrogen and oxygen atoms in total. The molecular formula is C14H16N2O3. The molecule has 19 heavy (non-hydrogen) atoms. The van der Waals surface area contributed by atoms with Crippen molar-refractivity contribution in [2.75, 3.05) is 6.61 Å². The molecule has 1 amide bonds. The fraction of sp³-hybridized carbons (Fsp3) is 0.357. The van der Waals surface area contributed by atoms with E-state index in [9.17, 15) is 9.59 Å². The minimum Gasteiger partial charge on any atom is -0.464 e. The first-order valence-electron chi connectivity index (χ1n) is 6.00. The van der Waals surface area contributed by atoms with Gasteiger partial charge in [-0.1, -0.05) is 30.3 Å². The Morgan fingerprint density at radius 1 is 1.37 bits per heavy atom. The lowest BCUT2D eigenvalue weighted by molar-refractivity contribution is -0.151. The van der Waals surface area contributed by atoms with Crippen LogP contribution < -0.4 is 0 Å². The van der Waals surface area contributed by atoms with Crippen LogP contribution in [0.15, 0.2) is 30.3 Å². The monoisotopic (exact) mass is 260 g/mol. The summed E-state index contributed by atoms with van der Waals surface area (Å²) in [4.78, 5) is 24.1. The number of hydrogen-bond donors (Lipinski definition) is 0. The maximum absolute atomic E-state index is 11.9. The van der Waals surface area contributed by atoms with Gasteiger partial charge in [0.1, 0.15) is 6.04 Å². The van der Waals surface area contributed by atoms with Gasteiger partial charge < -0.3 is 4.74 Å². The molecule has 0 heterocycles. The van der Waals surface area contributed by atoms with E-state index in [1.807, 2.05) is 30.3 Å². The van der Waals surface area contributed by atoms with Crippen molar-refractivity contribution in [3.05, 3.63) is 35.9 Å². The molecule has 1 aromatic carbocycles. The SMILES string of the molecule is CCOC(=O)[C@H](Cc1ccccc1)N(C#N)C(C)=O. The van der Waals surface area contributed by atoms with E-state index in [-0.39, 0.29) is 13.0 Å². The Bertz CT molecular complexity index is 479. The predicted molar refractivity (Wildman–Crippen MR) is 68.7 cm³/mol. The number of ether oxygens (including phenoxy) is 1. The normalized spacial score (nSPS) is 11.2. The molecule has 0 saturated carbocycles. The number of carbonyl (C=O) groups is 2. The molecule has 0 aliphatic carbocycles. The fourth-order valence-corrected chi connectivity index (χ4v) is 1.72. The highest BCUT2D eigenvalue weighted by Gasteiger charge is 2.29. The van der Waals surface area contributed by atoms with Crippen LogP contribution in [0.25, 0.3) is 0 Å². The minimum absolute atomic E-state index is 0.210. The van der Waals surface area contributed by atoms with Crippen LogP contribution in [0.5, 0.6) is 0 Å². The highest BCUT2D eigenvalue weighted by molar-refractivity contribution is 5.84.